The van der Waals surface area contributed by atoms with Gasteiger partial charge in [-0.15, -0.1) is 0 Å². The summed E-state index contributed by atoms with van der Waals surface area (Å²) < 4.78 is 5.29. The van der Waals surface area contributed by atoms with E-state index in [0.29, 0.717) is 19.0 Å². The lowest BCUT2D eigenvalue weighted by Gasteiger charge is -2.27. The van der Waals surface area contributed by atoms with E-state index in [-0.39, 0.29) is 11.3 Å². The molecule has 0 spiro atoms. The molecule has 0 saturated carbocycles. The lowest BCUT2D eigenvalue weighted by molar-refractivity contribution is 0.102. The van der Waals surface area contributed by atoms with Crippen molar-refractivity contribution in [3.63, 3.8) is 0 Å². The molecule has 2 N–H and O–H groups in total. The number of aromatic amines is 1. The van der Waals surface area contributed by atoms with Gasteiger partial charge in [-0.1, -0.05) is 0 Å². The van der Waals surface area contributed by atoms with Gasteiger partial charge in [0.15, 0.2) is 0 Å². The Kier molecular flexibility index (Phi) is 4.05. The molecule has 0 bridgehead atoms. The third-order valence-electron chi connectivity index (χ3n) is 3.14. The molecule has 1 amide bonds. The van der Waals surface area contributed by atoms with Crippen molar-refractivity contribution in [2.45, 2.75) is 0 Å². The number of carbonyl (C=O) groups excluding carboxylic acids is 1. The molecule has 1 fully saturated rings. The molecule has 0 unspecified atom stereocenters. The van der Waals surface area contributed by atoms with Crippen molar-refractivity contribution in [1.29, 1.82) is 0 Å². The van der Waals surface area contributed by atoms with E-state index in [0.717, 1.165) is 18.9 Å². The molecule has 3 heterocycles. The van der Waals surface area contributed by atoms with Gasteiger partial charge in [0, 0.05) is 25.2 Å². The fourth-order valence-electron chi connectivity index (χ4n) is 2.03. The normalized spacial score (nSPS) is 14.6. The third-order valence-corrected chi connectivity index (χ3v) is 3.14. The number of anilines is 2. The minimum Gasteiger partial charge on any atom is -0.378 e. The smallest absolute Gasteiger partial charge is 0.277 e. The Labute approximate surface area is 125 Å². The van der Waals surface area contributed by atoms with Crippen LogP contribution < -0.4 is 15.8 Å². The average Bonchev–Trinajstić information content (AvgIpc) is 2.56. The van der Waals surface area contributed by atoms with Crippen LogP contribution in [0.3, 0.4) is 0 Å². The van der Waals surface area contributed by atoms with Gasteiger partial charge in [0.2, 0.25) is 0 Å². The van der Waals surface area contributed by atoms with Crippen molar-refractivity contribution in [1.82, 2.24) is 20.2 Å². The molecule has 0 aromatic carbocycles. The fraction of sp³-hybridized carbons (Fsp3) is 0.308. The largest absolute Gasteiger partial charge is 0.378 e. The first-order valence-corrected chi connectivity index (χ1v) is 6.74. The van der Waals surface area contributed by atoms with Crippen molar-refractivity contribution in [3.8, 4) is 0 Å². The quantitative estimate of drug-likeness (QED) is 0.796. The summed E-state index contributed by atoms with van der Waals surface area (Å²) in [4.78, 5) is 33.2. The fourth-order valence-corrected chi connectivity index (χ4v) is 2.03. The van der Waals surface area contributed by atoms with Crippen LogP contribution in [0.15, 0.2) is 29.3 Å². The molecule has 1 aliphatic rings. The highest BCUT2D eigenvalue weighted by Crippen LogP contribution is 2.15. The molecule has 3 rings (SSSR count). The number of aromatic nitrogens is 4. The number of nitrogens with one attached hydrogen (secondary N) is 2. The van der Waals surface area contributed by atoms with Crippen LogP contribution in [0.25, 0.3) is 0 Å². The molecule has 9 heteroatoms. The topological polar surface area (TPSA) is 113 Å². The molecule has 2 aromatic rings. The zero-order valence-corrected chi connectivity index (χ0v) is 11.7. The van der Waals surface area contributed by atoms with E-state index in [2.05, 4.69) is 30.4 Å². The summed E-state index contributed by atoms with van der Waals surface area (Å²) in [6, 6.07) is 4.27. The molecular weight excluding hydrogens is 288 g/mol. The van der Waals surface area contributed by atoms with Gasteiger partial charge >= 0.3 is 0 Å². The lowest BCUT2D eigenvalue weighted by atomic mass is 10.3. The summed E-state index contributed by atoms with van der Waals surface area (Å²) in [6.07, 6.45) is 1.39. The van der Waals surface area contributed by atoms with Crippen LogP contribution in [0.2, 0.25) is 0 Å². The van der Waals surface area contributed by atoms with Crippen molar-refractivity contribution in [2.24, 2.45) is 0 Å². The van der Waals surface area contributed by atoms with Crippen LogP contribution in [0, 0.1) is 0 Å². The molecule has 114 valence electrons. The minimum atomic E-state index is -0.456. The number of amides is 1. The van der Waals surface area contributed by atoms with E-state index in [1.54, 1.807) is 6.07 Å². The predicted molar refractivity (Wildman–Crippen MR) is 77.9 cm³/mol. The van der Waals surface area contributed by atoms with Gasteiger partial charge < -0.3 is 15.0 Å². The second kappa shape index (κ2) is 6.31. The van der Waals surface area contributed by atoms with Gasteiger partial charge in [-0.05, 0) is 6.07 Å². The summed E-state index contributed by atoms with van der Waals surface area (Å²) in [5.74, 6) is 0.639. The summed E-state index contributed by atoms with van der Waals surface area (Å²) in [5.41, 5.74) is -0.265. The van der Waals surface area contributed by atoms with E-state index in [1.807, 2.05) is 0 Å². The van der Waals surface area contributed by atoms with Crippen molar-refractivity contribution in [2.75, 3.05) is 36.5 Å². The zero-order chi connectivity index (χ0) is 15.4. The number of H-pyrrole nitrogens is 1. The standard InChI is InChI=1S/C13H14N6O3/c20-12-2-1-9(17-18-12)13(21)16-10-7-11(15-8-14-10)19-3-5-22-6-4-19/h1-2,7-8H,3-6H2,(H,18,20)(H,14,15,16,21). The van der Waals surface area contributed by atoms with Gasteiger partial charge in [0.25, 0.3) is 11.5 Å². The van der Waals surface area contributed by atoms with Crippen molar-refractivity contribution >= 4 is 17.5 Å². The predicted octanol–water partition coefficient (Wildman–Crippen LogP) is -0.351. The van der Waals surface area contributed by atoms with Crippen LogP contribution in [0.4, 0.5) is 11.6 Å². The summed E-state index contributed by atoms with van der Waals surface area (Å²) >= 11 is 0. The Morgan fingerprint density at radius 1 is 1.27 bits per heavy atom. The monoisotopic (exact) mass is 302 g/mol. The van der Waals surface area contributed by atoms with Crippen LogP contribution in [0.1, 0.15) is 10.5 Å². The van der Waals surface area contributed by atoms with Gasteiger partial charge in [-0.25, -0.2) is 15.1 Å². The molecular formula is C13H14N6O3. The first kappa shape index (κ1) is 14.1. The van der Waals surface area contributed by atoms with Crippen molar-refractivity contribution in [3.05, 3.63) is 40.6 Å². The van der Waals surface area contributed by atoms with Gasteiger partial charge in [-0.3, -0.25) is 9.59 Å². The van der Waals surface area contributed by atoms with E-state index in [4.69, 9.17) is 4.74 Å². The minimum absolute atomic E-state index is 0.103. The number of hydrogen-bond acceptors (Lipinski definition) is 7. The molecule has 1 saturated heterocycles. The molecule has 9 nitrogen and oxygen atoms in total. The third kappa shape index (κ3) is 3.26. The van der Waals surface area contributed by atoms with Gasteiger partial charge in [-0.2, -0.15) is 5.10 Å². The number of nitrogens with zero attached hydrogens (tertiary/aromatic N) is 4. The van der Waals surface area contributed by atoms with Crippen LogP contribution in [-0.4, -0.2) is 52.4 Å². The molecule has 2 aromatic heterocycles. The molecule has 0 atom stereocenters. The maximum Gasteiger partial charge on any atom is 0.277 e. The van der Waals surface area contributed by atoms with Crippen LogP contribution in [-0.2, 0) is 4.74 Å². The Morgan fingerprint density at radius 2 is 2.09 bits per heavy atom. The molecule has 0 radical (unpaired) electrons. The Morgan fingerprint density at radius 3 is 2.82 bits per heavy atom. The zero-order valence-electron chi connectivity index (χ0n) is 11.7. The second-order valence-electron chi connectivity index (χ2n) is 4.62. The second-order valence-corrected chi connectivity index (χ2v) is 4.62. The Bertz CT molecular complexity index is 705. The maximum atomic E-state index is 12.0. The number of carbonyl (C=O) groups is 1. The highest BCUT2D eigenvalue weighted by Gasteiger charge is 2.14. The van der Waals surface area contributed by atoms with Gasteiger partial charge in [0.1, 0.15) is 23.7 Å². The van der Waals surface area contributed by atoms with Gasteiger partial charge in [0.05, 0.1) is 13.2 Å². The van der Waals surface area contributed by atoms with Crippen molar-refractivity contribution < 1.29 is 9.53 Å². The van der Waals surface area contributed by atoms with E-state index < -0.39 is 5.91 Å². The SMILES string of the molecule is O=C(Nc1cc(N2CCOCC2)ncn1)c1ccc(=O)[nH]n1. The van der Waals surface area contributed by atoms with E-state index in [9.17, 15) is 9.59 Å². The molecule has 22 heavy (non-hydrogen) atoms. The summed E-state index contributed by atoms with van der Waals surface area (Å²) in [6.45, 7) is 2.78. The van der Waals surface area contributed by atoms with E-state index in [1.165, 1.54) is 18.5 Å². The van der Waals surface area contributed by atoms with Crippen LogP contribution >= 0.6 is 0 Å². The first-order chi connectivity index (χ1) is 10.7. The highest BCUT2D eigenvalue weighted by atomic mass is 16.5. The maximum absolute atomic E-state index is 12.0. The molecule has 0 aliphatic carbocycles. The van der Waals surface area contributed by atoms with Crippen LogP contribution in [0.5, 0.6) is 0 Å². The number of rotatable bonds is 3. The average molecular weight is 302 g/mol. The number of hydrogen-bond donors (Lipinski definition) is 2. The summed E-state index contributed by atoms with van der Waals surface area (Å²) in [7, 11) is 0. The summed E-state index contributed by atoms with van der Waals surface area (Å²) in [5, 5.41) is 8.50. The molecule has 1 aliphatic heterocycles. The first-order valence-electron chi connectivity index (χ1n) is 6.74. The Hall–Kier alpha value is -2.81. The number of ether oxygens (including phenoxy) is 1. The Balaban J connectivity index is 1.73. The highest BCUT2D eigenvalue weighted by molar-refractivity contribution is 6.02. The number of morpholine rings is 1. The lowest BCUT2D eigenvalue weighted by Crippen LogP contribution is -2.36. The van der Waals surface area contributed by atoms with E-state index >= 15 is 0 Å².